The Morgan fingerprint density at radius 1 is 1.36 bits per heavy atom. The van der Waals surface area contributed by atoms with Gasteiger partial charge in [0.1, 0.15) is 0 Å². The van der Waals surface area contributed by atoms with Gasteiger partial charge in [0.25, 0.3) is 5.56 Å². The van der Waals surface area contributed by atoms with Crippen molar-refractivity contribution in [3.63, 3.8) is 0 Å². The molecule has 0 bridgehead atoms. The van der Waals surface area contributed by atoms with E-state index in [0.29, 0.717) is 0 Å². The van der Waals surface area contributed by atoms with Gasteiger partial charge >= 0.3 is 6.18 Å². The normalized spacial score (nSPS) is 12.2. The molecule has 2 rings (SSSR count). The largest absolute Gasteiger partial charge is 0.418 e. The standard InChI is InChI=1S/C7H4F3N3O/c8-7(9,10)3-1-11-4-2-12-13-6(14)5(3)4/h1-2,11H,(H,13,14). The first-order chi connectivity index (χ1) is 6.50. The fraction of sp³-hybridized carbons (Fsp3) is 0.143. The predicted molar refractivity (Wildman–Crippen MR) is 41.7 cm³/mol. The van der Waals surface area contributed by atoms with Crippen LogP contribution in [0.3, 0.4) is 0 Å². The molecule has 0 saturated heterocycles. The van der Waals surface area contributed by atoms with E-state index in [4.69, 9.17) is 0 Å². The third-order valence-corrected chi connectivity index (χ3v) is 1.80. The van der Waals surface area contributed by atoms with Crippen LogP contribution >= 0.6 is 0 Å². The van der Waals surface area contributed by atoms with Crippen molar-refractivity contribution in [1.82, 2.24) is 15.2 Å². The summed E-state index contributed by atoms with van der Waals surface area (Å²) in [6.07, 6.45) is -2.65. The van der Waals surface area contributed by atoms with E-state index in [1.165, 1.54) is 0 Å². The van der Waals surface area contributed by atoms with Crippen LogP contribution in [0.5, 0.6) is 0 Å². The number of nitrogens with one attached hydrogen (secondary N) is 2. The summed E-state index contributed by atoms with van der Waals surface area (Å²) in [4.78, 5) is 13.4. The fourth-order valence-electron chi connectivity index (χ4n) is 1.22. The highest BCUT2D eigenvalue weighted by Crippen LogP contribution is 2.32. The van der Waals surface area contributed by atoms with Crippen LogP contribution in [0.25, 0.3) is 10.9 Å². The summed E-state index contributed by atoms with van der Waals surface area (Å²) in [5, 5.41) is 4.91. The number of hydrogen-bond acceptors (Lipinski definition) is 2. The molecule has 0 atom stereocenters. The zero-order valence-corrected chi connectivity index (χ0v) is 6.64. The average molecular weight is 203 g/mol. The SMILES string of the molecule is O=c1[nH]ncc2[nH]cc(C(F)(F)F)c12. The molecule has 14 heavy (non-hydrogen) atoms. The van der Waals surface area contributed by atoms with Gasteiger partial charge < -0.3 is 4.98 Å². The highest BCUT2D eigenvalue weighted by Gasteiger charge is 2.34. The van der Waals surface area contributed by atoms with Gasteiger partial charge in [0.2, 0.25) is 0 Å². The van der Waals surface area contributed by atoms with Crippen LogP contribution in [-0.2, 0) is 6.18 Å². The van der Waals surface area contributed by atoms with Gasteiger partial charge in [-0.1, -0.05) is 0 Å². The van der Waals surface area contributed by atoms with Crippen molar-refractivity contribution >= 4 is 10.9 Å². The van der Waals surface area contributed by atoms with Crippen LogP contribution in [-0.4, -0.2) is 15.2 Å². The lowest BCUT2D eigenvalue weighted by Crippen LogP contribution is -2.12. The van der Waals surface area contributed by atoms with Crippen molar-refractivity contribution in [3.8, 4) is 0 Å². The molecule has 0 aliphatic heterocycles. The number of aromatic amines is 2. The van der Waals surface area contributed by atoms with Gasteiger partial charge in [-0.05, 0) is 0 Å². The van der Waals surface area contributed by atoms with Crippen molar-refractivity contribution in [2.45, 2.75) is 6.18 Å². The van der Waals surface area contributed by atoms with Gasteiger partial charge in [0.05, 0.1) is 22.7 Å². The van der Waals surface area contributed by atoms with E-state index in [9.17, 15) is 18.0 Å². The Morgan fingerprint density at radius 2 is 2.07 bits per heavy atom. The number of halogens is 3. The number of hydrogen-bond donors (Lipinski definition) is 2. The van der Waals surface area contributed by atoms with Crippen LogP contribution in [0.2, 0.25) is 0 Å². The molecule has 0 aliphatic rings. The first kappa shape index (κ1) is 8.79. The van der Waals surface area contributed by atoms with Crippen molar-refractivity contribution in [3.05, 3.63) is 28.3 Å². The Morgan fingerprint density at radius 3 is 2.71 bits per heavy atom. The Bertz CT molecular complexity index is 525. The first-order valence-electron chi connectivity index (χ1n) is 3.62. The molecule has 2 aromatic rings. The van der Waals surface area contributed by atoms with E-state index >= 15 is 0 Å². The average Bonchev–Trinajstić information content (AvgIpc) is 2.47. The maximum Gasteiger partial charge on any atom is 0.418 e. The highest BCUT2D eigenvalue weighted by molar-refractivity contribution is 5.81. The first-order valence-corrected chi connectivity index (χ1v) is 3.62. The van der Waals surface area contributed by atoms with Gasteiger partial charge in [0, 0.05) is 6.20 Å². The Hall–Kier alpha value is -1.79. The zero-order chi connectivity index (χ0) is 10.3. The van der Waals surface area contributed by atoms with E-state index < -0.39 is 22.7 Å². The summed E-state index contributed by atoms with van der Waals surface area (Å²) in [5.41, 5.74) is -1.76. The maximum absolute atomic E-state index is 12.3. The molecule has 0 aliphatic carbocycles. The summed E-state index contributed by atoms with van der Waals surface area (Å²) < 4.78 is 37.0. The van der Waals surface area contributed by atoms with Crippen molar-refractivity contribution in [2.75, 3.05) is 0 Å². The number of fused-ring (bicyclic) bond motifs is 1. The number of aromatic nitrogens is 3. The van der Waals surface area contributed by atoms with E-state index in [1.54, 1.807) is 0 Å². The number of H-pyrrole nitrogens is 2. The second-order valence-electron chi connectivity index (χ2n) is 2.69. The lowest BCUT2D eigenvalue weighted by molar-refractivity contribution is -0.136. The summed E-state index contributed by atoms with van der Waals surface area (Å²) >= 11 is 0. The molecule has 0 fully saturated rings. The van der Waals surface area contributed by atoms with Crippen molar-refractivity contribution in [2.24, 2.45) is 0 Å². The molecule has 0 aromatic carbocycles. The summed E-state index contributed by atoms with van der Waals surface area (Å²) in [6.45, 7) is 0. The molecule has 2 aromatic heterocycles. The minimum Gasteiger partial charge on any atom is -0.359 e. The molecule has 0 unspecified atom stereocenters. The van der Waals surface area contributed by atoms with Crippen LogP contribution in [0.15, 0.2) is 17.2 Å². The Balaban J connectivity index is 2.87. The van der Waals surface area contributed by atoms with Crippen LogP contribution in [0.1, 0.15) is 5.56 Å². The molecule has 0 saturated carbocycles. The molecular formula is C7H4F3N3O. The van der Waals surface area contributed by atoms with Crippen LogP contribution < -0.4 is 5.56 Å². The molecular weight excluding hydrogens is 199 g/mol. The van der Waals surface area contributed by atoms with Crippen LogP contribution in [0, 0.1) is 0 Å². The Labute approximate surface area is 74.8 Å². The Kier molecular flexibility index (Phi) is 1.63. The molecule has 4 nitrogen and oxygen atoms in total. The lowest BCUT2D eigenvalue weighted by Gasteiger charge is -2.02. The molecule has 7 heteroatoms. The van der Waals surface area contributed by atoms with Gasteiger partial charge in [-0.15, -0.1) is 0 Å². The highest BCUT2D eigenvalue weighted by atomic mass is 19.4. The number of alkyl halides is 3. The number of nitrogens with zero attached hydrogens (tertiary/aromatic N) is 1. The quantitative estimate of drug-likeness (QED) is 0.677. The van der Waals surface area contributed by atoms with Crippen LogP contribution in [0.4, 0.5) is 13.2 Å². The van der Waals surface area contributed by atoms with Gasteiger partial charge in [0.15, 0.2) is 0 Å². The van der Waals surface area contributed by atoms with E-state index in [2.05, 4.69) is 10.1 Å². The fourth-order valence-corrected chi connectivity index (χ4v) is 1.22. The molecule has 74 valence electrons. The molecule has 0 amide bonds. The molecule has 0 spiro atoms. The number of rotatable bonds is 0. The lowest BCUT2D eigenvalue weighted by atomic mass is 10.2. The summed E-state index contributed by atoms with van der Waals surface area (Å²) in [6, 6.07) is 0. The van der Waals surface area contributed by atoms with Crippen molar-refractivity contribution < 1.29 is 13.2 Å². The van der Waals surface area contributed by atoms with Gasteiger partial charge in [-0.25, -0.2) is 5.10 Å². The third-order valence-electron chi connectivity index (χ3n) is 1.80. The smallest absolute Gasteiger partial charge is 0.359 e. The topological polar surface area (TPSA) is 61.5 Å². The summed E-state index contributed by atoms with van der Waals surface area (Å²) in [5.74, 6) is 0. The molecule has 2 heterocycles. The third kappa shape index (κ3) is 1.17. The second-order valence-corrected chi connectivity index (χ2v) is 2.69. The monoisotopic (exact) mass is 203 g/mol. The molecule has 0 radical (unpaired) electrons. The predicted octanol–water partition coefficient (Wildman–Crippen LogP) is 1.27. The van der Waals surface area contributed by atoms with E-state index in [-0.39, 0.29) is 5.52 Å². The molecule has 2 N–H and O–H groups in total. The minimum atomic E-state index is -4.54. The van der Waals surface area contributed by atoms with Crippen molar-refractivity contribution in [1.29, 1.82) is 0 Å². The minimum absolute atomic E-state index is 0.0704. The summed E-state index contributed by atoms with van der Waals surface area (Å²) in [7, 11) is 0. The maximum atomic E-state index is 12.3. The second kappa shape index (κ2) is 2.60. The zero-order valence-electron chi connectivity index (χ0n) is 6.64. The van der Waals surface area contributed by atoms with Gasteiger partial charge in [-0.3, -0.25) is 4.79 Å². The van der Waals surface area contributed by atoms with E-state index in [1.807, 2.05) is 5.10 Å². The van der Waals surface area contributed by atoms with Gasteiger partial charge in [-0.2, -0.15) is 18.3 Å². The van der Waals surface area contributed by atoms with E-state index in [0.717, 1.165) is 12.4 Å².